The molecule has 0 spiro atoms. The molecule has 4 nitrogen and oxygen atoms in total. The van der Waals surface area contributed by atoms with E-state index < -0.39 is 0 Å². The lowest BCUT2D eigenvalue weighted by Gasteiger charge is -2.26. The van der Waals surface area contributed by atoms with Crippen molar-refractivity contribution in [2.45, 2.75) is 31.9 Å². The molecule has 0 N–H and O–H groups in total. The molecule has 3 rings (SSSR count). The third-order valence-corrected chi connectivity index (χ3v) is 4.19. The number of amides is 1. The fourth-order valence-electron chi connectivity index (χ4n) is 2.89. The van der Waals surface area contributed by atoms with E-state index in [0.717, 1.165) is 30.6 Å². The summed E-state index contributed by atoms with van der Waals surface area (Å²) in [5, 5.41) is 0. The van der Waals surface area contributed by atoms with Gasteiger partial charge >= 0.3 is 0 Å². The Balaban J connectivity index is 1.70. The van der Waals surface area contributed by atoms with Crippen LogP contribution in [0.3, 0.4) is 0 Å². The summed E-state index contributed by atoms with van der Waals surface area (Å²) < 4.78 is 18.8. The van der Waals surface area contributed by atoms with Crippen molar-refractivity contribution in [3.05, 3.63) is 65.7 Å². The lowest BCUT2D eigenvalue weighted by atomic mass is 10.1. The Hall–Kier alpha value is -2.27. The Kier molecular flexibility index (Phi) is 5.54. The van der Waals surface area contributed by atoms with Crippen LogP contribution in [0.1, 0.15) is 24.0 Å². The predicted molar refractivity (Wildman–Crippen MR) is 88.7 cm³/mol. The molecule has 0 radical (unpaired) electrons. The highest BCUT2D eigenvalue weighted by atomic mass is 19.1. The lowest BCUT2D eigenvalue weighted by molar-refractivity contribution is -0.132. The van der Waals surface area contributed by atoms with Crippen molar-refractivity contribution >= 4 is 5.91 Å². The molecule has 0 saturated carbocycles. The van der Waals surface area contributed by atoms with Gasteiger partial charge in [-0.2, -0.15) is 0 Å². The van der Waals surface area contributed by atoms with Crippen molar-refractivity contribution in [3.63, 3.8) is 0 Å². The van der Waals surface area contributed by atoms with Gasteiger partial charge in [0.25, 0.3) is 0 Å². The smallest absolute Gasteiger partial charge is 0.227 e. The summed E-state index contributed by atoms with van der Waals surface area (Å²) in [6, 6.07) is 9.98. The zero-order chi connectivity index (χ0) is 16.8. The van der Waals surface area contributed by atoms with Crippen molar-refractivity contribution in [2.24, 2.45) is 0 Å². The quantitative estimate of drug-likeness (QED) is 0.819. The third-order valence-electron chi connectivity index (χ3n) is 4.19. The van der Waals surface area contributed by atoms with Gasteiger partial charge in [0.05, 0.1) is 12.5 Å². The number of nitrogens with zero attached hydrogens (tertiary/aromatic N) is 2. The molecule has 0 aliphatic carbocycles. The number of aromatic nitrogens is 1. The molecule has 1 unspecified atom stereocenters. The standard InChI is InChI=1S/C19H21FN2O2/c20-17-5-3-16(4-6-17)13-22(14-18-2-1-11-24-18)19(23)12-15-7-9-21-10-8-15/h3-10,18H,1-2,11-14H2. The highest BCUT2D eigenvalue weighted by Crippen LogP contribution is 2.16. The summed E-state index contributed by atoms with van der Waals surface area (Å²) in [5.41, 5.74) is 1.85. The van der Waals surface area contributed by atoms with Crippen LogP contribution in [-0.4, -0.2) is 35.0 Å². The van der Waals surface area contributed by atoms with E-state index in [0.29, 0.717) is 19.5 Å². The molecule has 1 saturated heterocycles. The average Bonchev–Trinajstić information content (AvgIpc) is 3.10. The first kappa shape index (κ1) is 16.6. The van der Waals surface area contributed by atoms with Crippen molar-refractivity contribution in [3.8, 4) is 0 Å². The number of pyridine rings is 1. The topological polar surface area (TPSA) is 42.4 Å². The number of rotatable bonds is 6. The van der Waals surface area contributed by atoms with Crippen LogP contribution in [0.15, 0.2) is 48.8 Å². The number of ether oxygens (including phenoxy) is 1. The van der Waals surface area contributed by atoms with Crippen LogP contribution in [0.4, 0.5) is 4.39 Å². The largest absolute Gasteiger partial charge is 0.376 e. The monoisotopic (exact) mass is 328 g/mol. The summed E-state index contributed by atoms with van der Waals surface area (Å²) in [5.74, 6) is -0.228. The van der Waals surface area contributed by atoms with E-state index in [1.807, 2.05) is 17.0 Å². The second-order valence-electron chi connectivity index (χ2n) is 6.07. The third kappa shape index (κ3) is 4.61. The minimum atomic E-state index is -0.271. The van der Waals surface area contributed by atoms with Gasteiger partial charge in [-0.15, -0.1) is 0 Å². The van der Waals surface area contributed by atoms with Crippen LogP contribution < -0.4 is 0 Å². The first-order chi connectivity index (χ1) is 11.7. The van der Waals surface area contributed by atoms with Crippen LogP contribution >= 0.6 is 0 Å². The minimum absolute atomic E-state index is 0.0426. The van der Waals surface area contributed by atoms with E-state index in [4.69, 9.17) is 4.74 Å². The summed E-state index contributed by atoms with van der Waals surface area (Å²) in [6.07, 6.45) is 5.80. The number of carbonyl (C=O) groups excluding carboxylic acids is 1. The van der Waals surface area contributed by atoms with Gasteiger partial charge in [-0.25, -0.2) is 4.39 Å². The van der Waals surface area contributed by atoms with Gasteiger partial charge in [0.1, 0.15) is 5.82 Å². The maximum Gasteiger partial charge on any atom is 0.227 e. The first-order valence-electron chi connectivity index (χ1n) is 8.23. The normalized spacial score (nSPS) is 17.0. The Labute approximate surface area is 141 Å². The fraction of sp³-hybridized carbons (Fsp3) is 0.368. The molecule has 1 aliphatic rings. The summed E-state index contributed by atoms with van der Waals surface area (Å²) in [4.78, 5) is 18.5. The van der Waals surface area contributed by atoms with Crippen LogP contribution in [0.2, 0.25) is 0 Å². The number of hydrogen-bond donors (Lipinski definition) is 0. The molecule has 2 aromatic rings. The van der Waals surface area contributed by atoms with Crippen molar-refractivity contribution < 1.29 is 13.9 Å². The molecule has 1 aromatic carbocycles. The van der Waals surface area contributed by atoms with E-state index in [1.165, 1.54) is 12.1 Å². The van der Waals surface area contributed by atoms with Gasteiger partial charge in [-0.05, 0) is 48.2 Å². The molecule has 1 aromatic heterocycles. The van der Waals surface area contributed by atoms with Gasteiger partial charge in [-0.1, -0.05) is 12.1 Å². The second kappa shape index (κ2) is 8.02. The van der Waals surface area contributed by atoms with Crippen molar-refractivity contribution in [1.82, 2.24) is 9.88 Å². The van der Waals surface area contributed by atoms with E-state index in [1.54, 1.807) is 24.5 Å². The Morgan fingerprint density at radius 3 is 2.58 bits per heavy atom. The highest BCUT2D eigenvalue weighted by Gasteiger charge is 2.23. The highest BCUT2D eigenvalue weighted by molar-refractivity contribution is 5.78. The van der Waals surface area contributed by atoms with Gasteiger partial charge in [-0.3, -0.25) is 9.78 Å². The first-order valence-corrected chi connectivity index (χ1v) is 8.23. The molecule has 5 heteroatoms. The molecular weight excluding hydrogens is 307 g/mol. The molecule has 1 atom stereocenters. The van der Waals surface area contributed by atoms with Gasteiger partial charge in [0, 0.05) is 32.1 Å². The molecule has 1 amide bonds. The average molecular weight is 328 g/mol. The van der Waals surface area contributed by atoms with Crippen LogP contribution in [-0.2, 0) is 22.5 Å². The van der Waals surface area contributed by atoms with E-state index >= 15 is 0 Å². The van der Waals surface area contributed by atoms with Gasteiger partial charge in [0.2, 0.25) is 5.91 Å². The number of hydrogen-bond acceptors (Lipinski definition) is 3. The summed E-state index contributed by atoms with van der Waals surface area (Å²) in [6.45, 7) is 1.79. The summed E-state index contributed by atoms with van der Waals surface area (Å²) >= 11 is 0. The molecule has 2 heterocycles. The molecule has 126 valence electrons. The molecule has 1 fully saturated rings. The zero-order valence-electron chi connectivity index (χ0n) is 13.5. The maximum absolute atomic E-state index is 13.1. The van der Waals surface area contributed by atoms with Crippen LogP contribution in [0.25, 0.3) is 0 Å². The van der Waals surface area contributed by atoms with E-state index in [9.17, 15) is 9.18 Å². The maximum atomic E-state index is 13.1. The van der Waals surface area contributed by atoms with E-state index in [-0.39, 0.29) is 17.8 Å². The molecule has 24 heavy (non-hydrogen) atoms. The SMILES string of the molecule is O=C(Cc1ccncc1)N(Cc1ccc(F)cc1)CC1CCCO1. The van der Waals surface area contributed by atoms with Gasteiger partial charge < -0.3 is 9.64 Å². The van der Waals surface area contributed by atoms with Crippen molar-refractivity contribution in [1.29, 1.82) is 0 Å². The van der Waals surface area contributed by atoms with E-state index in [2.05, 4.69) is 4.98 Å². The van der Waals surface area contributed by atoms with Crippen LogP contribution in [0.5, 0.6) is 0 Å². The lowest BCUT2D eigenvalue weighted by Crippen LogP contribution is -2.37. The Morgan fingerprint density at radius 1 is 1.17 bits per heavy atom. The second-order valence-corrected chi connectivity index (χ2v) is 6.07. The Morgan fingerprint density at radius 2 is 1.92 bits per heavy atom. The predicted octanol–water partition coefficient (Wildman–Crippen LogP) is 2.97. The van der Waals surface area contributed by atoms with Crippen molar-refractivity contribution in [2.75, 3.05) is 13.2 Å². The number of halogens is 1. The number of carbonyl (C=O) groups is 1. The molecule has 0 bridgehead atoms. The molecule has 1 aliphatic heterocycles. The molecular formula is C19H21FN2O2. The minimum Gasteiger partial charge on any atom is -0.376 e. The number of benzene rings is 1. The summed E-state index contributed by atoms with van der Waals surface area (Å²) in [7, 11) is 0. The fourth-order valence-corrected chi connectivity index (χ4v) is 2.89. The van der Waals surface area contributed by atoms with Gasteiger partial charge in [0.15, 0.2) is 0 Å². The Bertz CT molecular complexity index is 655. The zero-order valence-corrected chi connectivity index (χ0v) is 13.5. The van der Waals surface area contributed by atoms with Crippen LogP contribution in [0, 0.1) is 5.82 Å².